The Balaban J connectivity index is 1.86. The third-order valence-electron chi connectivity index (χ3n) is 3.47. The quantitative estimate of drug-likeness (QED) is 0.808. The molecule has 0 aliphatic rings. The summed E-state index contributed by atoms with van der Waals surface area (Å²) in [4.78, 5) is 33.1. The minimum atomic E-state index is -0.160. The van der Waals surface area contributed by atoms with Crippen LogP contribution >= 0.6 is 11.3 Å². The highest BCUT2D eigenvalue weighted by Crippen LogP contribution is 2.15. The van der Waals surface area contributed by atoms with Gasteiger partial charge in [-0.3, -0.25) is 9.59 Å². The molecule has 2 heterocycles. The normalized spacial score (nSPS) is 10.8. The summed E-state index contributed by atoms with van der Waals surface area (Å²) >= 11 is 1.36. The lowest BCUT2D eigenvalue weighted by Gasteiger charge is -2.17. The van der Waals surface area contributed by atoms with Crippen molar-refractivity contribution in [1.29, 1.82) is 0 Å². The Morgan fingerprint density at radius 1 is 1.32 bits per heavy atom. The van der Waals surface area contributed by atoms with Crippen LogP contribution in [0.1, 0.15) is 21.7 Å². The number of amides is 1. The lowest BCUT2D eigenvalue weighted by atomic mass is 10.1. The lowest BCUT2D eigenvalue weighted by Crippen LogP contribution is -2.28. The molecule has 0 saturated carbocycles. The molecule has 1 aromatic carbocycles. The zero-order valence-corrected chi connectivity index (χ0v) is 13.1. The smallest absolute Gasteiger partial charge is 0.268 e. The number of nitrogens with zero attached hydrogens (tertiary/aromatic N) is 2. The monoisotopic (exact) mass is 313 g/mol. The maximum absolute atomic E-state index is 12.5. The average molecular weight is 313 g/mol. The fraction of sp³-hybridized carbons (Fsp3) is 0.188. The standard InChI is InChI=1S/C16H15N3O2S/c1-10-5-3-4-6-11(10)16(21)19(2)9-13-17-12-7-8-22-14(12)15(20)18-13/h3-8H,9H2,1-2H3,(H,17,18,20). The van der Waals surface area contributed by atoms with Gasteiger partial charge in [-0.2, -0.15) is 0 Å². The van der Waals surface area contributed by atoms with Gasteiger partial charge in [0, 0.05) is 12.6 Å². The topological polar surface area (TPSA) is 66.1 Å². The van der Waals surface area contributed by atoms with Crippen LogP contribution in [0.5, 0.6) is 0 Å². The van der Waals surface area contributed by atoms with E-state index in [0.717, 1.165) is 5.56 Å². The second-order valence-corrected chi connectivity index (χ2v) is 6.04. The highest BCUT2D eigenvalue weighted by Gasteiger charge is 2.15. The number of hydrogen-bond donors (Lipinski definition) is 1. The number of aromatic nitrogens is 2. The zero-order valence-electron chi connectivity index (χ0n) is 12.3. The zero-order chi connectivity index (χ0) is 15.7. The number of H-pyrrole nitrogens is 1. The van der Waals surface area contributed by atoms with E-state index < -0.39 is 0 Å². The van der Waals surface area contributed by atoms with Crippen LogP contribution < -0.4 is 5.56 Å². The van der Waals surface area contributed by atoms with Crippen LogP contribution in [-0.4, -0.2) is 27.8 Å². The van der Waals surface area contributed by atoms with Crippen molar-refractivity contribution in [2.24, 2.45) is 0 Å². The average Bonchev–Trinajstić information content (AvgIpc) is 2.96. The van der Waals surface area contributed by atoms with E-state index in [9.17, 15) is 9.59 Å². The van der Waals surface area contributed by atoms with Crippen molar-refractivity contribution in [1.82, 2.24) is 14.9 Å². The SMILES string of the molecule is Cc1ccccc1C(=O)N(C)Cc1nc2ccsc2c(=O)[nH]1. The van der Waals surface area contributed by atoms with Crippen LogP contribution in [0, 0.1) is 6.92 Å². The molecule has 0 aliphatic carbocycles. The Kier molecular flexibility index (Phi) is 3.77. The lowest BCUT2D eigenvalue weighted by molar-refractivity contribution is 0.0781. The molecule has 3 rings (SSSR count). The molecule has 2 aromatic heterocycles. The van der Waals surface area contributed by atoms with Gasteiger partial charge in [-0.15, -0.1) is 11.3 Å². The predicted octanol–water partition coefficient (Wildman–Crippen LogP) is 2.57. The first-order valence-corrected chi connectivity index (χ1v) is 7.71. The molecule has 22 heavy (non-hydrogen) atoms. The van der Waals surface area contributed by atoms with Gasteiger partial charge in [0.25, 0.3) is 11.5 Å². The summed E-state index contributed by atoms with van der Waals surface area (Å²) in [6.45, 7) is 2.16. The molecule has 0 spiro atoms. The number of aryl methyl sites for hydroxylation is 1. The molecule has 1 amide bonds. The van der Waals surface area contributed by atoms with E-state index in [1.807, 2.05) is 36.6 Å². The van der Waals surface area contributed by atoms with Gasteiger partial charge in [-0.1, -0.05) is 18.2 Å². The van der Waals surface area contributed by atoms with E-state index in [1.54, 1.807) is 18.0 Å². The summed E-state index contributed by atoms with van der Waals surface area (Å²) in [5, 5.41) is 1.83. The summed E-state index contributed by atoms with van der Waals surface area (Å²) in [5.74, 6) is 0.395. The summed E-state index contributed by atoms with van der Waals surface area (Å²) < 4.78 is 0.608. The van der Waals surface area contributed by atoms with Crippen molar-refractivity contribution in [3.63, 3.8) is 0 Å². The molecule has 5 nitrogen and oxygen atoms in total. The number of hydrogen-bond acceptors (Lipinski definition) is 4. The second kappa shape index (κ2) is 5.73. The van der Waals surface area contributed by atoms with E-state index >= 15 is 0 Å². The first-order chi connectivity index (χ1) is 10.6. The molecule has 0 fully saturated rings. The molecule has 3 aromatic rings. The molecule has 0 saturated heterocycles. The summed E-state index contributed by atoms with van der Waals surface area (Å²) in [5.41, 5.74) is 2.09. The van der Waals surface area contributed by atoms with Gasteiger partial charge in [0.2, 0.25) is 0 Å². The molecule has 1 N–H and O–H groups in total. The number of fused-ring (bicyclic) bond motifs is 1. The fourth-order valence-corrected chi connectivity index (χ4v) is 3.04. The Morgan fingerprint density at radius 3 is 2.86 bits per heavy atom. The van der Waals surface area contributed by atoms with Crippen molar-refractivity contribution < 1.29 is 4.79 Å². The van der Waals surface area contributed by atoms with E-state index in [1.165, 1.54) is 11.3 Å². The van der Waals surface area contributed by atoms with Gasteiger partial charge in [-0.25, -0.2) is 4.98 Å². The van der Waals surface area contributed by atoms with Crippen LogP contribution in [-0.2, 0) is 6.54 Å². The Morgan fingerprint density at radius 2 is 2.09 bits per heavy atom. The van der Waals surface area contributed by atoms with E-state index in [-0.39, 0.29) is 18.0 Å². The summed E-state index contributed by atoms with van der Waals surface area (Å²) in [6.07, 6.45) is 0. The molecule has 0 unspecified atom stereocenters. The fourth-order valence-electron chi connectivity index (χ4n) is 2.31. The molecule has 0 aliphatic heterocycles. The number of benzene rings is 1. The van der Waals surface area contributed by atoms with Crippen molar-refractivity contribution in [2.75, 3.05) is 7.05 Å². The third-order valence-corrected chi connectivity index (χ3v) is 4.38. The number of carbonyl (C=O) groups excluding carboxylic acids is 1. The Bertz CT molecular complexity index is 898. The molecular formula is C16H15N3O2S. The van der Waals surface area contributed by atoms with Gasteiger partial charge in [0.15, 0.2) is 0 Å². The predicted molar refractivity (Wildman–Crippen MR) is 87.2 cm³/mol. The van der Waals surface area contributed by atoms with Gasteiger partial charge in [0.05, 0.1) is 12.1 Å². The summed E-state index contributed by atoms with van der Waals surface area (Å²) in [6, 6.07) is 9.24. The molecule has 6 heteroatoms. The molecule has 0 atom stereocenters. The Hall–Kier alpha value is -2.47. The van der Waals surface area contributed by atoms with Crippen molar-refractivity contribution in [3.8, 4) is 0 Å². The molecular weight excluding hydrogens is 298 g/mol. The van der Waals surface area contributed by atoms with E-state index in [4.69, 9.17) is 0 Å². The molecule has 112 valence electrons. The number of thiophene rings is 1. The highest BCUT2D eigenvalue weighted by molar-refractivity contribution is 7.17. The van der Waals surface area contributed by atoms with Crippen LogP contribution in [0.15, 0.2) is 40.5 Å². The van der Waals surface area contributed by atoms with Gasteiger partial charge >= 0.3 is 0 Å². The highest BCUT2D eigenvalue weighted by atomic mass is 32.1. The third kappa shape index (κ3) is 2.65. The number of aromatic amines is 1. The molecule has 0 bridgehead atoms. The van der Waals surface area contributed by atoms with Crippen molar-refractivity contribution in [2.45, 2.75) is 13.5 Å². The second-order valence-electron chi connectivity index (χ2n) is 5.12. The first kappa shape index (κ1) is 14.5. The molecule has 0 radical (unpaired) electrons. The Labute approximate surface area is 131 Å². The van der Waals surface area contributed by atoms with Gasteiger partial charge < -0.3 is 9.88 Å². The largest absolute Gasteiger partial charge is 0.334 e. The number of rotatable bonds is 3. The number of carbonyl (C=O) groups is 1. The van der Waals surface area contributed by atoms with E-state index in [0.29, 0.717) is 21.6 Å². The summed E-state index contributed by atoms with van der Waals surface area (Å²) in [7, 11) is 1.70. The van der Waals surface area contributed by atoms with Crippen LogP contribution in [0.2, 0.25) is 0 Å². The maximum atomic E-state index is 12.5. The van der Waals surface area contributed by atoms with Crippen LogP contribution in [0.3, 0.4) is 0 Å². The number of nitrogens with one attached hydrogen (secondary N) is 1. The van der Waals surface area contributed by atoms with Crippen molar-refractivity contribution in [3.05, 3.63) is 63.0 Å². The van der Waals surface area contributed by atoms with Crippen molar-refractivity contribution >= 4 is 27.5 Å². The first-order valence-electron chi connectivity index (χ1n) is 6.84. The maximum Gasteiger partial charge on any atom is 0.268 e. The van der Waals surface area contributed by atoms with E-state index in [2.05, 4.69) is 9.97 Å². The minimum absolute atomic E-state index is 0.0915. The van der Waals surface area contributed by atoms with Crippen LogP contribution in [0.25, 0.3) is 10.2 Å². The van der Waals surface area contributed by atoms with Gasteiger partial charge in [-0.05, 0) is 30.0 Å². The van der Waals surface area contributed by atoms with Gasteiger partial charge in [0.1, 0.15) is 10.5 Å². The van der Waals surface area contributed by atoms with Crippen LogP contribution in [0.4, 0.5) is 0 Å². The minimum Gasteiger partial charge on any atom is -0.334 e.